The topological polar surface area (TPSA) is 76.7 Å². The number of carbonyl (C=O) groups is 2. The summed E-state index contributed by atoms with van der Waals surface area (Å²) in [6.45, 7) is 1.61. The normalized spacial score (nSPS) is 16.2. The van der Waals surface area contributed by atoms with Crippen LogP contribution in [0, 0.1) is 0 Å². The number of benzene rings is 1. The Morgan fingerprint density at radius 3 is 3.00 bits per heavy atom. The van der Waals surface area contributed by atoms with Gasteiger partial charge in [-0.3, -0.25) is 9.59 Å². The summed E-state index contributed by atoms with van der Waals surface area (Å²) in [5.74, 6) is 0.375. The number of nitrogens with one attached hydrogen (secondary N) is 2. The molecule has 0 radical (unpaired) electrons. The Bertz CT molecular complexity index is 727. The maximum atomic E-state index is 12.0. The molecule has 2 heterocycles. The zero-order valence-electron chi connectivity index (χ0n) is 14.4. The molecule has 0 aliphatic carbocycles. The van der Waals surface area contributed by atoms with Crippen molar-refractivity contribution in [2.24, 2.45) is 0 Å². The summed E-state index contributed by atoms with van der Waals surface area (Å²) < 4.78 is 11.3. The van der Waals surface area contributed by atoms with Crippen LogP contribution < -0.4 is 15.4 Å². The van der Waals surface area contributed by atoms with Crippen LogP contribution in [-0.2, 0) is 9.53 Å². The van der Waals surface area contributed by atoms with Gasteiger partial charge in [0.05, 0.1) is 6.10 Å². The van der Waals surface area contributed by atoms with E-state index >= 15 is 0 Å². The van der Waals surface area contributed by atoms with Crippen molar-refractivity contribution in [2.45, 2.75) is 25.4 Å². The molecule has 0 spiro atoms. The van der Waals surface area contributed by atoms with E-state index in [0.717, 1.165) is 19.4 Å². The third kappa shape index (κ3) is 5.57. The van der Waals surface area contributed by atoms with Crippen molar-refractivity contribution in [3.05, 3.63) is 46.7 Å². The summed E-state index contributed by atoms with van der Waals surface area (Å²) in [6.07, 6.45) is 2.46. The second kappa shape index (κ2) is 9.35. The molecule has 1 aromatic carbocycles. The van der Waals surface area contributed by atoms with E-state index in [1.165, 1.54) is 11.3 Å². The van der Waals surface area contributed by atoms with Crippen molar-refractivity contribution in [1.82, 2.24) is 5.32 Å². The minimum absolute atomic E-state index is 0.153. The highest BCUT2D eigenvalue weighted by Crippen LogP contribution is 2.19. The Morgan fingerprint density at radius 1 is 1.31 bits per heavy atom. The number of amides is 2. The first kappa shape index (κ1) is 18.4. The fourth-order valence-corrected chi connectivity index (χ4v) is 3.27. The molecule has 1 aromatic heterocycles. The van der Waals surface area contributed by atoms with E-state index in [-0.39, 0.29) is 30.9 Å². The number of rotatable bonds is 8. The molecule has 1 saturated heterocycles. The smallest absolute Gasteiger partial charge is 0.252 e. The lowest BCUT2D eigenvalue weighted by atomic mass is 10.2. The summed E-state index contributed by atoms with van der Waals surface area (Å²) in [4.78, 5) is 23.8. The molecule has 1 aliphatic rings. The molecule has 1 unspecified atom stereocenters. The molecular formula is C19H22N2O4S. The number of ether oxygens (including phenoxy) is 2. The zero-order chi connectivity index (χ0) is 18.2. The van der Waals surface area contributed by atoms with Gasteiger partial charge in [0, 0.05) is 42.3 Å². The standard InChI is InChI=1S/C19H22N2O4S/c22-18(6-8-20-19(23)14-7-10-26-13-14)21-15-3-1-4-16(11-15)25-12-17-5-2-9-24-17/h1,3-4,7,10-11,13,17H,2,5-6,8-9,12H2,(H,20,23)(H,21,22). The van der Waals surface area contributed by atoms with Crippen LogP contribution in [0.1, 0.15) is 29.6 Å². The second-order valence-corrected chi connectivity index (χ2v) is 6.82. The van der Waals surface area contributed by atoms with Gasteiger partial charge in [0.15, 0.2) is 0 Å². The maximum absolute atomic E-state index is 12.0. The van der Waals surface area contributed by atoms with Crippen molar-refractivity contribution in [2.75, 3.05) is 25.1 Å². The molecule has 6 nitrogen and oxygen atoms in total. The highest BCUT2D eigenvalue weighted by atomic mass is 32.1. The molecular weight excluding hydrogens is 352 g/mol. The molecule has 26 heavy (non-hydrogen) atoms. The SMILES string of the molecule is O=C(CCNC(=O)c1ccsc1)Nc1cccc(OCC2CCCO2)c1. The molecule has 2 amide bonds. The Kier molecular flexibility index (Phi) is 6.62. The van der Waals surface area contributed by atoms with Gasteiger partial charge < -0.3 is 20.1 Å². The predicted molar refractivity (Wildman–Crippen MR) is 101 cm³/mol. The predicted octanol–water partition coefficient (Wildman–Crippen LogP) is 3.06. The summed E-state index contributed by atoms with van der Waals surface area (Å²) >= 11 is 1.46. The fraction of sp³-hybridized carbons (Fsp3) is 0.368. The maximum Gasteiger partial charge on any atom is 0.252 e. The number of hydrogen-bond donors (Lipinski definition) is 2. The van der Waals surface area contributed by atoms with E-state index in [1.54, 1.807) is 23.6 Å². The highest BCUT2D eigenvalue weighted by molar-refractivity contribution is 7.08. The average Bonchev–Trinajstić information content (AvgIpc) is 3.34. The molecule has 0 bridgehead atoms. The number of anilines is 1. The van der Waals surface area contributed by atoms with Gasteiger partial charge >= 0.3 is 0 Å². The third-order valence-electron chi connectivity index (χ3n) is 4.00. The molecule has 1 aliphatic heterocycles. The minimum Gasteiger partial charge on any atom is -0.491 e. The first-order chi connectivity index (χ1) is 12.7. The largest absolute Gasteiger partial charge is 0.491 e. The van der Waals surface area contributed by atoms with Crippen LogP contribution in [0.15, 0.2) is 41.1 Å². The number of thiophene rings is 1. The Labute approximate surface area is 156 Å². The van der Waals surface area contributed by atoms with Crippen LogP contribution in [0.3, 0.4) is 0 Å². The van der Waals surface area contributed by atoms with Crippen LogP contribution in [0.4, 0.5) is 5.69 Å². The van der Waals surface area contributed by atoms with Gasteiger partial charge in [-0.15, -0.1) is 0 Å². The van der Waals surface area contributed by atoms with Gasteiger partial charge in [-0.2, -0.15) is 11.3 Å². The lowest BCUT2D eigenvalue weighted by molar-refractivity contribution is -0.116. The fourth-order valence-electron chi connectivity index (χ4n) is 2.64. The summed E-state index contributed by atoms with van der Waals surface area (Å²) in [7, 11) is 0. The van der Waals surface area contributed by atoms with Gasteiger partial charge in [0.1, 0.15) is 12.4 Å². The number of hydrogen-bond acceptors (Lipinski definition) is 5. The Balaban J connectivity index is 1.40. The van der Waals surface area contributed by atoms with Crippen LogP contribution in [0.25, 0.3) is 0 Å². The van der Waals surface area contributed by atoms with E-state index in [9.17, 15) is 9.59 Å². The first-order valence-corrected chi connectivity index (χ1v) is 9.60. The van der Waals surface area contributed by atoms with Gasteiger partial charge in [0.25, 0.3) is 5.91 Å². The Hall–Kier alpha value is -2.38. The van der Waals surface area contributed by atoms with Crippen LogP contribution in [-0.4, -0.2) is 37.7 Å². The van der Waals surface area contributed by atoms with Crippen molar-refractivity contribution >= 4 is 28.8 Å². The first-order valence-electron chi connectivity index (χ1n) is 8.65. The van der Waals surface area contributed by atoms with E-state index in [1.807, 2.05) is 17.5 Å². The molecule has 1 fully saturated rings. The second-order valence-electron chi connectivity index (χ2n) is 6.04. The number of carbonyl (C=O) groups excluding carboxylic acids is 2. The molecule has 2 N–H and O–H groups in total. The lowest BCUT2D eigenvalue weighted by Crippen LogP contribution is -2.27. The lowest BCUT2D eigenvalue weighted by Gasteiger charge is -2.12. The van der Waals surface area contributed by atoms with E-state index in [2.05, 4.69) is 10.6 Å². The van der Waals surface area contributed by atoms with Crippen molar-refractivity contribution in [3.8, 4) is 5.75 Å². The molecule has 3 rings (SSSR count). The van der Waals surface area contributed by atoms with E-state index in [0.29, 0.717) is 23.6 Å². The molecule has 1 atom stereocenters. The van der Waals surface area contributed by atoms with Crippen molar-refractivity contribution < 1.29 is 19.1 Å². The van der Waals surface area contributed by atoms with E-state index in [4.69, 9.17) is 9.47 Å². The quantitative estimate of drug-likeness (QED) is 0.745. The van der Waals surface area contributed by atoms with Crippen LogP contribution >= 0.6 is 11.3 Å². The molecule has 0 saturated carbocycles. The van der Waals surface area contributed by atoms with Gasteiger partial charge in [-0.05, 0) is 36.4 Å². The summed E-state index contributed by atoms with van der Waals surface area (Å²) in [5, 5.41) is 9.17. The third-order valence-corrected chi connectivity index (χ3v) is 4.68. The summed E-state index contributed by atoms with van der Waals surface area (Å²) in [5.41, 5.74) is 1.29. The molecule has 7 heteroatoms. The zero-order valence-corrected chi connectivity index (χ0v) is 15.2. The Morgan fingerprint density at radius 2 is 2.23 bits per heavy atom. The minimum atomic E-state index is -0.163. The van der Waals surface area contributed by atoms with Crippen molar-refractivity contribution in [3.63, 3.8) is 0 Å². The van der Waals surface area contributed by atoms with Gasteiger partial charge in [-0.1, -0.05) is 6.07 Å². The van der Waals surface area contributed by atoms with Crippen molar-refractivity contribution in [1.29, 1.82) is 0 Å². The van der Waals surface area contributed by atoms with E-state index < -0.39 is 0 Å². The van der Waals surface area contributed by atoms with Gasteiger partial charge in [-0.25, -0.2) is 0 Å². The molecule has 138 valence electrons. The molecule has 2 aromatic rings. The average molecular weight is 374 g/mol. The van der Waals surface area contributed by atoms with Gasteiger partial charge in [0.2, 0.25) is 5.91 Å². The monoisotopic (exact) mass is 374 g/mol. The summed E-state index contributed by atoms with van der Waals surface area (Å²) in [6, 6.07) is 9.03. The highest BCUT2D eigenvalue weighted by Gasteiger charge is 2.16. The van der Waals surface area contributed by atoms with Crippen LogP contribution in [0.2, 0.25) is 0 Å². The van der Waals surface area contributed by atoms with Crippen LogP contribution in [0.5, 0.6) is 5.75 Å².